The van der Waals surface area contributed by atoms with Gasteiger partial charge in [0.25, 0.3) is 6.79 Å². The molecule has 0 heterocycles. The second-order valence-electron chi connectivity index (χ2n) is 0.949. The van der Waals surface area contributed by atoms with Gasteiger partial charge >= 0.3 is 0 Å². The second kappa shape index (κ2) is 5.92. The molecule has 0 spiro atoms. The monoisotopic (exact) mass is 102 g/mol. The smallest absolute Gasteiger partial charge is 0.292 e. The van der Waals surface area contributed by atoms with Crippen molar-refractivity contribution in [1.82, 2.24) is 0 Å². The molecular weight excluding hydrogens is 92.1 g/mol. The van der Waals surface area contributed by atoms with E-state index in [1.165, 1.54) is 0 Å². The zero-order valence-electron chi connectivity index (χ0n) is 4.73. The van der Waals surface area contributed by atoms with Crippen LogP contribution in [0.4, 0.5) is 0 Å². The quantitative estimate of drug-likeness (QED) is 0.494. The van der Waals surface area contributed by atoms with Gasteiger partial charge in [-0.25, -0.2) is 0 Å². The summed E-state index contributed by atoms with van der Waals surface area (Å²) in [6, 6.07) is 0. The summed E-state index contributed by atoms with van der Waals surface area (Å²) in [6.45, 7) is 7.30. The van der Waals surface area contributed by atoms with Crippen molar-refractivity contribution in [2.45, 2.75) is 13.8 Å². The van der Waals surface area contributed by atoms with Gasteiger partial charge in [-0.2, -0.15) is 0 Å². The van der Waals surface area contributed by atoms with Gasteiger partial charge in [-0.3, -0.25) is 0 Å². The molecule has 0 unspecified atom stereocenters. The van der Waals surface area contributed by atoms with Gasteiger partial charge < -0.3 is 9.47 Å². The molecule has 0 aromatic heterocycles. The van der Waals surface area contributed by atoms with Crippen LogP contribution < -0.4 is 0 Å². The van der Waals surface area contributed by atoms with E-state index in [-0.39, 0.29) is 0 Å². The number of ether oxygens (including phenoxy) is 2. The Morgan fingerprint density at radius 3 is 1.86 bits per heavy atom. The van der Waals surface area contributed by atoms with Crippen LogP contribution in [-0.4, -0.2) is 13.2 Å². The minimum absolute atomic E-state index is 0.625. The van der Waals surface area contributed by atoms with Crippen molar-refractivity contribution in [1.29, 1.82) is 0 Å². The fourth-order valence-electron chi connectivity index (χ4n) is 0.160. The van der Waals surface area contributed by atoms with Crippen LogP contribution in [0.5, 0.6) is 0 Å². The Balaban J connectivity index is 2.45. The lowest BCUT2D eigenvalue weighted by Crippen LogP contribution is -1.90. The lowest BCUT2D eigenvalue weighted by Gasteiger charge is -1.93. The van der Waals surface area contributed by atoms with E-state index in [0.29, 0.717) is 13.2 Å². The molecule has 0 aliphatic heterocycles. The largest absolute Gasteiger partial charge is 0.341 e. The van der Waals surface area contributed by atoms with Gasteiger partial charge in [0, 0.05) is 13.2 Å². The van der Waals surface area contributed by atoms with Crippen LogP contribution in [0.15, 0.2) is 0 Å². The zero-order valence-corrected chi connectivity index (χ0v) is 4.73. The predicted octanol–water partition coefficient (Wildman–Crippen LogP) is 1.06. The first kappa shape index (κ1) is 6.92. The van der Waals surface area contributed by atoms with Crippen LogP contribution in [-0.2, 0) is 9.47 Å². The highest BCUT2D eigenvalue weighted by molar-refractivity contribution is 4.23. The van der Waals surface area contributed by atoms with E-state index in [9.17, 15) is 0 Å². The molecule has 0 N–H and O–H groups in total. The highest BCUT2D eigenvalue weighted by Gasteiger charge is 1.81. The third kappa shape index (κ3) is 5.92. The SMILES string of the molecule is CCO[C]OCC. The number of hydrogen-bond donors (Lipinski definition) is 0. The van der Waals surface area contributed by atoms with Crippen LogP contribution in [0, 0.1) is 6.79 Å². The van der Waals surface area contributed by atoms with Gasteiger partial charge in [0.2, 0.25) is 0 Å². The summed E-state index contributed by atoms with van der Waals surface area (Å²) in [6.07, 6.45) is 0. The molecule has 0 aliphatic carbocycles. The lowest BCUT2D eigenvalue weighted by molar-refractivity contribution is 0.0317. The van der Waals surface area contributed by atoms with Crippen molar-refractivity contribution < 1.29 is 9.47 Å². The normalized spacial score (nSPS) is 9.43. The minimum atomic E-state index is 0.625. The Hall–Kier alpha value is -0.0800. The Morgan fingerprint density at radius 1 is 1.14 bits per heavy atom. The van der Waals surface area contributed by atoms with E-state index < -0.39 is 0 Å². The minimum Gasteiger partial charge on any atom is -0.341 e. The van der Waals surface area contributed by atoms with Crippen molar-refractivity contribution in [2.75, 3.05) is 13.2 Å². The third-order valence-electron chi connectivity index (χ3n) is 0.407. The Kier molecular flexibility index (Phi) is 5.85. The van der Waals surface area contributed by atoms with Crippen LogP contribution in [0.25, 0.3) is 0 Å². The average molecular weight is 102 g/mol. The zero-order chi connectivity index (χ0) is 5.54. The fraction of sp³-hybridized carbons (Fsp3) is 0.800. The first-order valence-electron chi connectivity index (χ1n) is 2.40. The van der Waals surface area contributed by atoms with E-state index in [1.54, 1.807) is 0 Å². The molecular formula is C5H10O2. The first-order valence-corrected chi connectivity index (χ1v) is 2.40. The Morgan fingerprint density at radius 2 is 1.57 bits per heavy atom. The maximum absolute atomic E-state index is 4.60. The number of hydrogen-bond acceptors (Lipinski definition) is 2. The fourth-order valence-corrected chi connectivity index (χ4v) is 0.160. The predicted molar refractivity (Wildman–Crippen MR) is 26.5 cm³/mol. The number of rotatable bonds is 4. The maximum atomic E-state index is 4.60. The molecule has 2 nitrogen and oxygen atoms in total. The summed E-state index contributed by atoms with van der Waals surface area (Å²) < 4.78 is 9.20. The van der Waals surface area contributed by atoms with Crippen molar-refractivity contribution in [3.63, 3.8) is 0 Å². The Labute approximate surface area is 44.4 Å². The van der Waals surface area contributed by atoms with Gasteiger partial charge in [0.15, 0.2) is 0 Å². The topological polar surface area (TPSA) is 18.5 Å². The molecule has 0 fully saturated rings. The molecule has 0 aliphatic rings. The molecule has 2 heteroatoms. The van der Waals surface area contributed by atoms with Crippen LogP contribution in [0.3, 0.4) is 0 Å². The van der Waals surface area contributed by atoms with Gasteiger partial charge in [-0.05, 0) is 13.8 Å². The van der Waals surface area contributed by atoms with Crippen molar-refractivity contribution >= 4 is 0 Å². The van der Waals surface area contributed by atoms with Gasteiger partial charge in [-0.15, -0.1) is 0 Å². The van der Waals surface area contributed by atoms with Crippen molar-refractivity contribution in [2.24, 2.45) is 0 Å². The summed E-state index contributed by atoms with van der Waals surface area (Å²) in [7, 11) is 0. The summed E-state index contributed by atoms with van der Waals surface area (Å²) in [5.74, 6) is 0. The molecule has 42 valence electrons. The maximum Gasteiger partial charge on any atom is 0.292 e. The van der Waals surface area contributed by atoms with Crippen LogP contribution in [0.1, 0.15) is 13.8 Å². The molecule has 0 aromatic carbocycles. The van der Waals surface area contributed by atoms with E-state index in [0.717, 1.165) is 0 Å². The summed E-state index contributed by atoms with van der Waals surface area (Å²) >= 11 is 0. The molecule has 0 saturated heterocycles. The van der Waals surface area contributed by atoms with E-state index >= 15 is 0 Å². The molecule has 0 bridgehead atoms. The molecule has 0 atom stereocenters. The molecule has 2 radical (unpaired) electrons. The standard InChI is InChI=1S/C5H10O2/c1-3-6-5-7-4-2/h3-4H2,1-2H3. The summed E-state index contributed by atoms with van der Waals surface area (Å²) in [5, 5.41) is 0. The summed E-state index contributed by atoms with van der Waals surface area (Å²) in [5.41, 5.74) is 0. The highest BCUT2D eigenvalue weighted by Crippen LogP contribution is 1.81. The Bertz CT molecular complexity index is 25.3. The van der Waals surface area contributed by atoms with Crippen LogP contribution in [0.2, 0.25) is 0 Å². The molecule has 0 aromatic rings. The molecule has 0 rings (SSSR count). The van der Waals surface area contributed by atoms with E-state index in [1.807, 2.05) is 13.8 Å². The molecule has 7 heavy (non-hydrogen) atoms. The second-order valence-corrected chi connectivity index (χ2v) is 0.949. The van der Waals surface area contributed by atoms with Crippen molar-refractivity contribution in [3.05, 3.63) is 6.79 Å². The summed E-state index contributed by atoms with van der Waals surface area (Å²) in [4.78, 5) is 0. The van der Waals surface area contributed by atoms with Crippen LogP contribution >= 0.6 is 0 Å². The molecule has 0 amide bonds. The van der Waals surface area contributed by atoms with Gasteiger partial charge in [0.05, 0.1) is 0 Å². The third-order valence-corrected chi connectivity index (χ3v) is 0.407. The van der Waals surface area contributed by atoms with E-state index in [2.05, 4.69) is 16.3 Å². The van der Waals surface area contributed by atoms with Crippen molar-refractivity contribution in [3.8, 4) is 0 Å². The first-order chi connectivity index (χ1) is 3.41. The van der Waals surface area contributed by atoms with Gasteiger partial charge in [0.1, 0.15) is 0 Å². The lowest BCUT2D eigenvalue weighted by atomic mass is 10.9. The van der Waals surface area contributed by atoms with E-state index in [4.69, 9.17) is 0 Å². The average Bonchev–Trinajstić information content (AvgIpc) is 1.69. The highest BCUT2D eigenvalue weighted by atomic mass is 16.7. The van der Waals surface area contributed by atoms with Gasteiger partial charge in [-0.1, -0.05) is 0 Å². The molecule has 0 saturated carbocycles.